The Kier molecular flexibility index (Phi) is 4.50. The van der Waals surface area contributed by atoms with Gasteiger partial charge in [-0.25, -0.2) is 4.39 Å². The third-order valence-electron chi connectivity index (χ3n) is 2.52. The lowest BCUT2D eigenvalue weighted by Gasteiger charge is -2.18. The molecule has 1 rings (SSSR count). The van der Waals surface area contributed by atoms with Gasteiger partial charge in [-0.1, -0.05) is 12.7 Å². The summed E-state index contributed by atoms with van der Waals surface area (Å²) in [5.41, 5.74) is 0.816. The molecular weight excluding hydrogens is 205 g/mol. The lowest BCUT2D eigenvalue weighted by Crippen LogP contribution is -2.16. The number of hydrogen-bond acceptors (Lipinski definition) is 2. The molecule has 88 valence electrons. The van der Waals surface area contributed by atoms with E-state index in [0.29, 0.717) is 5.75 Å². The molecule has 0 saturated heterocycles. The van der Waals surface area contributed by atoms with Crippen molar-refractivity contribution in [1.82, 2.24) is 5.32 Å². The van der Waals surface area contributed by atoms with Crippen molar-refractivity contribution < 1.29 is 9.13 Å². The van der Waals surface area contributed by atoms with E-state index in [1.54, 1.807) is 12.1 Å². The molecule has 2 unspecified atom stereocenters. The molecule has 0 aliphatic rings. The third kappa shape index (κ3) is 3.07. The fraction of sp³-hybridized carbons (Fsp3) is 0.385. The average Bonchev–Trinajstić information content (AvgIpc) is 2.30. The fourth-order valence-electron chi connectivity index (χ4n) is 1.37. The van der Waals surface area contributed by atoms with Crippen molar-refractivity contribution in [3.8, 4) is 5.75 Å². The lowest BCUT2D eigenvalue weighted by atomic mass is 10.1. The van der Waals surface area contributed by atoms with E-state index in [1.165, 1.54) is 12.1 Å². The largest absolute Gasteiger partial charge is 0.486 e. The Hall–Kier alpha value is -1.35. The maximum absolute atomic E-state index is 13.2. The van der Waals surface area contributed by atoms with Crippen LogP contribution in [0.25, 0.3) is 0 Å². The molecule has 0 aromatic heterocycles. The second-order valence-corrected chi connectivity index (χ2v) is 3.75. The maximum Gasteiger partial charge on any atom is 0.125 e. The Morgan fingerprint density at radius 2 is 2.12 bits per heavy atom. The van der Waals surface area contributed by atoms with E-state index in [2.05, 4.69) is 11.9 Å². The van der Waals surface area contributed by atoms with Crippen LogP contribution in [-0.2, 0) is 0 Å². The number of ether oxygens (including phenoxy) is 1. The number of hydrogen-bond donors (Lipinski definition) is 1. The molecule has 1 N–H and O–H groups in total. The van der Waals surface area contributed by atoms with Gasteiger partial charge in [0, 0.05) is 11.6 Å². The van der Waals surface area contributed by atoms with Crippen LogP contribution in [0.15, 0.2) is 30.9 Å². The van der Waals surface area contributed by atoms with Crippen LogP contribution in [0.4, 0.5) is 4.39 Å². The first-order chi connectivity index (χ1) is 7.58. The van der Waals surface area contributed by atoms with E-state index in [1.807, 2.05) is 20.9 Å². The highest BCUT2D eigenvalue weighted by atomic mass is 19.1. The molecule has 0 fully saturated rings. The summed E-state index contributed by atoms with van der Waals surface area (Å²) >= 11 is 0. The molecule has 2 nitrogen and oxygen atoms in total. The molecule has 3 heteroatoms. The van der Waals surface area contributed by atoms with Gasteiger partial charge in [-0.3, -0.25) is 0 Å². The highest BCUT2D eigenvalue weighted by Crippen LogP contribution is 2.26. The smallest absolute Gasteiger partial charge is 0.125 e. The highest BCUT2D eigenvalue weighted by Gasteiger charge is 2.12. The Morgan fingerprint density at radius 3 is 2.69 bits per heavy atom. The minimum atomic E-state index is -0.254. The summed E-state index contributed by atoms with van der Waals surface area (Å²) < 4.78 is 18.8. The summed E-state index contributed by atoms with van der Waals surface area (Å²) in [6.45, 7) is 7.51. The van der Waals surface area contributed by atoms with Gasteiger partial charge < -0.3 is 10.1 Å². The molecule has 0 aliphatic carbocycles. The van der Waals surface area contributed by atoms with E-state index in [0.717, 1.165) is 5.56 Å². The summed E-state index contributed by atoms with van der Waals surface area (Å²) in [5.74, 6) is 0.436. The van der Waals surface area contributed by atoms with Crippen LogP contribution in [0, 0.1) is 5.82 Å². The summed E-state index contributed by atoms with van der Waals surface area (Å²) in [6, 6.07) is 4.59. The maximum atomic E-state index is 13.2. The van der Waals surface area contributed by atoms with Crippen LogP contribution in [0.5, 0.6) is 5.75 Å². The van der Waals surface area contributed by atoms with E-state index in [9.17, 15) is 4.39 Å². The molecule has 0 heterocycles. The zero-order valence-electron chi connectivity index (χ0n) is 9.96. The van der Waals surface area contributed by atoms with Crippen molar-refractivity contribution in [2.45, 2.75) is 26.0 Å². The van der Waals surface area contributed by atoms with E-state index in [4.69, 9.17) is 4.74 Å². The SMILES string of the molecule is C=CC(C)Oc1ccc(F)cc1C(C)NC. The number of benzene rings is 1. The summed E-state index contributed by atoms with van der Waals surface area (Å²) in [5, 5.41) is 3.07. The van der Waals surface area contributed by atoms with Crippen molar-refractivity contribution in [3.63, 3.8) is 0 Å². The summed E-state index contributed by atoms with van der Waals surface area (Å²) in [4.78, 5) is 0. The van der Waals surface area contributed by atoms with Gasteiger partial charge in [-0.15, -0.1) is 0 Å². The van der Waals surface area contributed by atoms with Gasteiger partial charge in [0.25, 0.3) is 0 Å². The third-order valence-corrected chi connectivity index (χ3v) is 2.52. The van der Waals surface area contributed by atoms with E-state index < -0.39 is 0 Å². The predicted octanol–water partition coefficient (Wildman–Crippen LogP) is 3.06. The molecule has 0 amide bonds. The highest BCUT2D eigenvalue weighted by molar-refractivity contribution is 5.36. The molecular formula is C13H18FNO. The average molecular weight is 223 g/mol. The first-order valence-corrected chi connectivity index (χ1v) is 5.34. The Balaban J connectivity index is 3.02. The quantitative estimate of drug-likeness (QED) is 0.775. The molecule has 0 saturated carbocycles. The zero-order chi connectivity index (χ0) is 12.1. The lowest BCUT2D eigenvalue weighted by molar-refractivity contribution is 0.265. The van der Waals surface area contributed by atoms with Gasteiger partial charge in [-0.05, 0) is 39.1 Å². The second-order valence-electron chi connectivity index (χ2n) is 3.75. The van der Waals surface area contributed by atoms with Crippen LogP contribution < -0.4 is 10.1 Å². The van der Waals surface area contributed by atoms with Crippen molar-refractivity contribution in [2.75, 3.05) is 7.05 Å². The van der Waals surface area contributed by atoms with Crippen LogP contribution in [-0.4, -0.2) is 13.2 Å². The normalized spacial score (nSPS) is 14.2. The summed E-state index contributed by atoms with van der Waals surface area (Å²) in [6.07, 6.45) is 1.62. The summed E-state index contributed by atoms with van der Waals surface area (Å²) in [7, 11) is 1.83. The zero-order valence-corrected chi connectivity index (χ0v) is 9.96. The van der Waals surface area contributed by atoms with Gasteiger partial charge >= 0.3 is 0 Å². The van der Waals surface area contributed by atoms with Crippen LogP contribution >= 0.6 is 0 Å². The number of nitrogens with one attached hydrogen (secondary N) is 1. The van der Waals surface area contributed by atoms with Crippen LogP contribution in [0.3, 0.4) is 0 Å². The first-order valence-electron chi connectivity index (χ1n) is 5.34. The standard InChI is InChI=1S/C13H18FNO/c1-5-9(2)16-13-7-6-11(14)8-12(13)10(3)15-4/h5-10,15H,1H2,2-4H3. The predicted molar refractivity (Wildman–Crippen MR) is 64.2 cm³/mol. The van der Waals surface area contributed by atoms with Crippen LogP contribution in [0.1, 0.15) is 25.5 Å². The molecule has 0 bridgehead atoms. The van der Waals surface area contributed by atoms with Gasteiger partial charge in [-0.2, -0.15) is 0 Å². The van der Waals surface area contributed by atoms with Crippen molar-refractivity contribution >= 4 is 0 Å². The van der Waals surface area contributed by atoms with Gasteiger partial charge in [0.2, 0.25) is 0 Å². The molecule has 2 atom stereocenters. The monoisotopic (exact) mass is 223 g/mol. The Bertz CT molecular complexity index is 365. The number of rotatable bonds is 5. The van der Waals surface area contributed by atoms with E-state index >= 15 is 0 Å². The molecule has 1 aromatic rings. The van der Waals surface area contributed by atoms with Gasteiger partial charge in [0.05, 0.1) is 0 Å². The molecule has 0 spiro atoms. The minimum absolute atomic E-state index is 0.0442. The molecule has 0 aliphatic heterocycles. The number of halogens is 1. The van der Waals surface area contributed by atoms with Gasteiger partial charge in [0.1, 0.15) is 17.7 Å². The Labute approximate surface area is 96.1 Å². The Morgan fingerprint density at radius 1 is 1.44 bits per heavy atom. The minimum Gasteiger partial charge on any atom is -0.486 e. The first kappa shape index (κ1) is 12.7. The van der Waals surface area contributed by atoms with E-state index in [-0.39, 0.29) is 18.0 Å². The molecule has 1 aromatic carbocycles. The topological polar surface area (TPSA) is 21.3 Å². The van der Waals surface area contributed by atoms with Crippen molar-refractivity contribution in [1.29, 1.82) is 0 Å². The van der Waals surface area contributed by atoms with Crippen molar-refractivity contribution in [3.05, 3.63) is 42.2 Å². The van der Waals surface area contributed by atoms with Crippen molar-refractivity contribution in [2.24, 2.45) is 0 Å². The van der Waals surface area contributed by atoms with Crippen LogP contribution in [0.2, 0.25) is 0 Å². The molecule has 0 radical (unpaired) electrons. The fourth-order valence-corrected chi connectivity index (χ4v) is 1.37. The molecule has 16 heavy (non-hydrogen) atoms. The van der Waals surface area contributed by atoms with Gasteiger partial charge in [0.15, 0.2) is 0 Å². The second kappa shape index (κ2) is 5.66.